The summed E-state index contributed by atoms with van der Waals surface area (Å²) < 4.78 is 1.37. The average molecular weight is 201 g/mol. The third-order valence-electron chi connectivity index (χ3n) is 1.86. The molecule has 0 bridgehead atoms. The van der Waals surface area contributed by atoms with Crippen molar-refractivity contribution in [2.24, 2.45) is 0 Å². The zero-order valence-corrected chi connectivity index (χ0v) is 8.50. The molecule has 0 fully saturated rings. The second kappa shape index (κ2) is 4.63. The third kappa shape index (κ3) is 2.24. The molecule has 0 aliphatic heterocycles. The molecule has 2 heteroatoms. The van der Waals surface area contributed by atoms with Crippen LogP contribution in [-0.2, 0) is 0 Å². The molecular weight excluding hydrogens is 190 g/mol. The van der Waals surface area contributed by atoms with Crippen molar-refractivity contribution >= 4 is 21.4 Å². The Bertz CT molecular complexity index is 420. The predicted molar refractivity (Wildman–Crippen MR) is 62.6 cm³/mol. The molecule has 0 aliphatic carbocycles. The SMILES string of the molecule is c1cc[nH]c1.c1ccc2sccc2c1. The van der Waals surface area contributed by atoms with Crippen LogP contribution in [0.15, 0.2) is 60.2 Å². The number of benzene rings is 1. The van der Waals surface area contributed by atoms with E-state index in [2.05, 4.69) is 40.7 Å². The standard InChI is InChI=1S/C8H6S.C4H5N/c1-2-4-8-7(3-1)5-6-9-8;1-2-4-5-3-1/h1-6H;1-5H. The van der Waals surface area contributed by atoms with Gasteiger partial charge in [-0.15, -0.1) is 11.3 Å². The van der Waals surface area contributed by atoms with E-state index < -0.39 is 0 Å². The van der Waals surface area contributed by atoms with Crippen LogP contribution in [0.3, 0.4) is 0 Å². The fourth-order valence-corrected chi connectivity index (χ4v) is 1.97. The number of fused-ring (bicyclic) bond motifs is 1. The van der Waals surface area contributed by atoms with Gasteiger partial charge >= 0.3 is 0 Å². The lowest BCUT2D eigenvalue weighted by Gasteiger charge is -1.82. The second-order valence-corrected chi connectivity index (χ2v) is 3.79. The summed E-state index contributed by atoms with van der Waals surface area (Å²) in [5.41, 5.74) is 0. The Balaban J connectivity index is 0.000000128. The van der Waals surface area contributed by atoms with Crippen LogP contribution in [-0.4, -0.2) is 4.98 Å². The molecule has 3 rings (SSSR count). The number of aromatic nitrogens is 1. The van der Waals surface area contributed by atoms with Crippen molar-refractivity contribution in [3.8, 4) is 0 Å². The Morgan fingerprint density at radius 3 is 2.29 bits per heavy atom. The van der Waals surface area contributed by atoms with E-state index in [9.17, 15) is 0 Å². The van der Waals surface area contributed by atoms with Crippen LogP contribution in [0.5, 0.6) is 0 Å². The van der Waals surface area contributed by atoms with Crippen molar-refractivity contribution in [3.05, 3.63) is 60.2 Å². The average Bonchev–Trinajstić information content (AvgIpc) is 2.92. The lowest BCUT2D eigenvalue weighted by molar-refractivity contribution is 1.42. The fraction of sp³-hybridized carbons (Fsp3) is 0. The van der Waals surface area contributed by atoms with Gasteiger partial charge < -0.3 is 4.98 Å². The van der Waals surface area contributed by atoms with Gasteiger partial charge in [-0.1, -0.05) is 18.2 Å². The zero-order valence-electron chi connectivity index (χ0n) is 7.68. The van der Waals surface area contributed by atoms with E-state index in [1.54, 1.807) is 11.3 Å². The van der Waals surface area contributed by atoms with Gasteiger partial charge in [-0.05, 0) is 35.0 Å². The zero-order chi connectivity index (χ0) is 9.64. The minimum absolute atomic E-state index is 1.35. The molecule has 0 amide bonds. The number of aromatic amines is 1. The topological polar surface area (TPSA) is 15.8 Å². The highest BCUT2D eigenvalue weighted by atomic mass is 32.1. The van der Waals surface area contributed by atoms with Gasteiger partial charge in [-0.3, -0.25) is 0 Å². The molecule has 0 aliphatic rings. The number of hydrogen-bond acceptors (Lipinski definition) is 1. The summed E-state index contributed by atoms with van der Waals surface area (Å²) in [6, 6.07) is 14.4. The molecule has 2 aromatic heterocycles. The van der Waals surface area contributed by atoms with Crippen molar-refractivity contribution in [2.75, 3.05) is 0 Å². The molecule has 0 atom stereocenters. The van der Waals surface area contributed by atoms with Crippen molar-refractivity contribution in [1.29, 1.82) is 0 Å². The maximum Gasteiger partial charge on any atom is 0.0342 e. The van der Waals surface area contributed by atoms with E-state index in [0.717, 1.165) is 0 Å². The van der Waals surface area contributed by atoms with Gasteiger partial charge in [-0.25, -0.2) is 0 Å². The molecule has 0 radical (unpaired) electrons. The van der Waals surface area contributed by atoms with Crippen molar-refractivity contribution in [1.82, 2.24) is 4.98 Å². The Hall–Kier alpha value is -1.54. The Labute approximate surface area is 87.0 Å². The quantitative estimate of drug-likeness (QED) is 0.567. The summed E-state index contributed by atoms with van der Waals surface area (Å²) in [5, 5.41) is 3.47. The first-order chi connectivity index (χ1) is 6.97. The lowest BCUT2D eigenvalue weighted by atomic mass is 10.3. The number of nitrogens with one attached hydrogen (secondary N) is 1. The highest BCUT2D eigenvalue weighted by Crippen LogP contribution is 2.18. The Morgan fingerprint density at radius 2 is 1.64 bits per heavy atom. The second-order valence-electron chi connectivity index (χ2n) is 2.84. The van der Waals surface area contributed by atoms with Crippen molar-refractivity contribution in [3.63, 3.8) is 0 Å². The largest absolute Gasteiger partial charge is 0.368 e. The van der Waals surface area contributed by atoms with Crippen LogP contribution in [0.25, 0.3) is 10.1 Å². The molecule has 1 N–H and O–H groups in total. The molecular formula is C12H11NS. The Kier molecular flexibility index (Phi) is 2.99. The highest BCUT2D eigenvalue weighted by Gasteiger charge is 1.87. The molecule has 1 aromatic carbocycles. The minimum atomic E-state index is 1.35. The van der Waals surface area contributed by atoms with Gasteiger partial charge in [0.05, 0.1) is 0 Å². The third-order valence-corrected chi connectivity index (χ3v) is 2.76. The number of rotatable bonds is 0. The first kappa shape index (κ1) is 9.03. The summed E-state index contributed by atoms with van der Waals surface area (Å²) in [4.78, 5) is 2.86. The summed E-state index contributed by atoms with van der Waals surface area (Å²) in [7, 11) is 0. The van der Waals surface area contributed by atoms with Gasteiger partial charge in [0.25, 0.3) is 0 Å². The van der Waals surface area contributed by atoms with Gasteiger partial charge in [-0.2, -0.15) is 0 Å². The van der Waals surface area contributed by atoms with Crippen LogP contribution in [0.1, 0.15) is 0 Å². The number of H-pyrrole nitrogens is 1. The molecule has 2 heterocycles. The van der Waals surface area contributed by atoms with Crippen LogP contribution < -0.4 is 0 Å². The smallest absolute Gasteiger partial charge is 0.0342 e. The summed E-state index contributed by atoms with van der Waals surface area (Å²) in [6.45, 7) is 0. The molecule has 14 heavy (non-hydrogen) atoms. The number of hydrogen-bond donors (Lipinski definition) is 1. The molecule has 0 saturated heterocycles. The monoisotopic (exact) mass is 201 g/mol. The summed E-state index contributed by atoms with van der Waals surface area (Å²) >= 11 is 1.79. The van der Waals surface area contributed by atoms with Crippen LogP contribution in [0.4, 0.5) is 0 Å². The summed E-state index contributed by atoms with van der Waals surface area (Å²) in [6.07, 6.45) is 3.75. The molecule has 1 nitrogen and oxygen atoms in total. The first-order valence-corrected chi connectivity index (χ1v) is 5.35. The first-order valence-electron chi connectivity index (χ1n) is 4.47. The highest BCUT2D eigenvalue weighted by molar-refractivity contribution is 7.17. The van der Waals surface area contributed by atoms with E-state index >= 15 is 0 Å². The van der Waals surface area contributed by atoms with Crippen LogP contribution >= 0.6 is 11.3 Å². The molecule has 0 spiro atoms. The summed E-state index contributed by atoms with van der Waals surface area (Å²) in [5.74, 6) is 0. The molecule has 0 unspecified atom stereocenters. The van der Waals surface area contributed by atoms with Gasteiger partial charge in [0.1, 0.15) is 0 Å². The maximum absolute atomic E-state index is 2.86. The van der Waals surface area contributed by atoms with Crippen molar-refractivity contribution < 1.29 is 0 Å². The lowest BCUT2D eigenvalue weighted by Crippen LogP contribution is -1.56. The molecule has 0 saturated carbocycles. The van der Waals surface area contributed by atoms with E-state index in [-0.39, 0.29) is 0 Å². The Morgan fingerprint density at radius 1 is 0.857 bits per heavy atom. The maximum atomic E-state index is 2.86. The molecule has 70 valence electrons. The van der Waals surface area contributed by atoms with Crippen LogP contribution in [0.2, 0.25) is 0 Å². The van der Waals surface area contributed by atoms with E-state index in [0.29, 0.717) is 0 Å². The number of thiophene rings is 1. The minimum Gasteiger partial charge on any atom is -0.368 e. The van der Waals surface area contributed by atoms with E-state index in [1.165, 1.54) is 10.1 Å². The van der Waals surface area contributed by atoms with Crippen LogP contribution in [0, 0.1) is 0 Å². The van der Waals surface area contributed by atoms with Gasteiger partial charge in [0.15, 0.2) is 0 Å². The van der Waals surface area contributed by atoms with Gasteiger partial charge in [0.2, 0.25) is 0 Å². The van der Waals surface area contributed by atoms with E-state index in [1.807, 2.05) is 24.5 Å². The molecule has 3 aromatic rings. The normalized spacial score (nSPS) is 9.43. The predicted octanol–water partition coefficient (Wildman–Crippen LogP) is 3.92. The van der Waals surface area contributed by atoms with E-state index in [4.69, 9.17) is 0 Å². The van der Waals surface area contributed by atoms with Crippen molar-refractivity contribution in [2.45, 2.75) is 0 Å². The van der Waals surface area contributed by atoms with Gasteiger partial charge in [0, 0.05) is 17.1 Å². The fourth-order valence-electron chi connectivity index (χ4n) is 1.18.